The molecule has 0 atom stereocenters. The van der Waals surface area contributed by atoms with Crippen LogP contribution in [0.25, 0.3) is 11.3 Å². The van der Waals surface area contributed by atoms with E-state index in [0.29, 0.717) is 15.7 Å². The van der Waals surface area contributed by atoms with Crippen LogP contribution in [0.5, 0.6) is 0 Å². The third-order valence-corrected chi connectivity index (χ3v) is 5.71. The minimum atomic E-state index is -0.220. The Kier molecular flexibility index (Phi) is 6.27. The number of benzene rings is 2. The van der Waals surface area contributed by atoms with Crippen LogP contribution in [0.3, 0.4) is 0 Å². The van der Waals surface area contributed by atoms with Crippen molar-refractivity contribution < 1.29 is 9.59 Å². The minimum Gasteiger partial charge on any atom is -0.302 e. The molecular formula is C22H21ClN2O2S. The number of rotatable bonds is 6. The predicted octanol–water partition coefficient (Wildman–Crippen LogP) is 5.99. The Labute approximate surface area is 173 Å². The van der Waals surface area contributed by atoms with Crippen LogP contribution in [-0.4, -0.2) is 16.7 Å². The number of ketones is 1. The Bertz CT molecular complexity index is 1030. The fourth-order valence-electron chi connectivity index (χ4n) is 2.80. The number of nitrogens with zero attached hydrogens (tertiary/aromatic N) is 1. The zero-order valence-corrected chi connectivity index (χ0v) is 17.6. The van der Waals surface area contributed by atoms with E-state index in [2.05, 4.69) is 36.3 Å². The van der Waals surface area contributed by atoms with Gasteiger partial charge >= 0.3 is 0 Å². The van der Waals surface area contributed by atoms with E-state index in [1.807, 2.05) is 13.0 Å². The summed E-state index contributed by atoms with van der Waals surface area (Å²) in [7, 11) is 0. The van der Waals surface area contributed by atoms with Crippen LogP contribution in [0.2, 0.25) is 5.02 Å². The second kappa shape index (κ2) is 8.67. The van der Waals surface area contributed by atoms with Crippen molar-refractivity contribution in [3.05, 3.63) is 69.1 Å². The van der Waals surface area contributed by atoms with E-state index in [1.54, 1.807) is 24.3 Å². The molecule has 1 aromatic heterocycles. The summed E-state index contributed by atoms with van der Waals surface area (Å²) in [5, 5.41) is 3.94. The van der Waals surface area contributed by atoms with Gasteiger partial charge in [0.2, 0.25) is 5.91 Å². The first kappa shape index (κ1) is 20.2. The van der Waals surface area contributed by atoms with E-state index in [4.69, 9.17) is 11.6 Å². The number of carbonyl (C=O) groups excluding carboxylic acids is 2. The van der Waals surface area contributed by atoms with E-state index in [9.17, 15) is 9.59 Å². The fraction of sp³-hybridized carbons (Fsp3) is 0.227. The smallest absolute Gasteiger partial charge is 0.226 e. The van der Waals surface area contributed by atoms with E-state index >= 15 is 0 Å². The molecule has 0 unspecified atom stereocenters. The van der Waals surface area contributed by atoms with Crippen LogP contribution in [0, 0.1) is 20.8 Å². The van der Waals surface area contributed by atoms with Crippen LogP contribution in [0.4, 0.5) is 5.13 Å². The molecule has 0 bridgehead atoms. The summed E-state index contributed by atoms with van der Waals surface area (Å²) in [6.07, 6.45) is 0.251. The van der Waals surface area contributed by atoms with Crippen LogP contribution in [0.1, 0.15) is 39.2 Å². The Balaban J connectivity index is 1.62. The third-order valence-electron chi connectivity index (χ3n) is 4.57. The van der Waals surface area contributed by atoms with E-state index in [0.717, 1.165) is 16.1 Å². The monoisotopic (exact) mass is 412 g/mol. The number of halogens is 1. The van der Waals surface area contributed by atoms with Crippen molar-refractivity contribution >= 4 is 39.8 Å². The van der Waals surface area contributed by atoms with Gasteiger partial charge in [0.25, 0.3) is 0 Å². The standard InChI is InChI=1S/C22H21ClN2O2S/c1-13-4-5-17(12-14(13)2)21-15(3)28-22(25-21)24-20(27)11-10-19(26)16-6-8-18(23)9-7-16/h4-9,12H,10-11H2,1-3H3,(H,24,25,27). The van der Waals surface area contributed by atoms with Gasteiger partial charge in [0, 0.05) is 33.9 Å². The van der Waals surface area contributed by atoms with E-state index in [1.165, 1.54) is 22.5 Å². The molecule has 6 heteroatoms. The maximum Gasteiger partial charge on any atom is 0.226 e. The van der Waals surface area contributed by atoms with Gasteiger partial charge in [0.05, 0.1) is 5.69 Å². The van der Waals surface area contributed by atoms with Crippen LogP contribution >= 0.6 is 22.9 Å². The molecule has 0 saturated carbocycles. The van der Waals surface area contributed by atoms with Crippen LogP contribution in [0.15, 0.2) is 42.5 Å². The van der Waals surface area contributed by atoms with Gasteiger partial charge in [0.15, 0.2) is 10.9 Å². The van der Waals surface area contributed by atoms with Crippen LogP contribution in [-0.2, 0) is 4.79 Å². The van der Waals surface area contributed by atoms with Crippen molar-refractivity contribution in [3.8, 4) is 11.3 Å². The van der Waals surface area contributed by atoms with Crippen molar-refractivity contribution in [3.63, 3.8) is 0 Å². The van der Waals surface area contributed by atoms with Crippen molar-refractivity contribution in [2.75, 3.05) is 5.32 Å². The lowest BCUT2D eigenvalue weighted by Crippen LogP contribution is -2.13. The highest BCUT2D eigenvalue weighted by Gasteiger charge is 2.14. The molecule has 0 aliphatic heterocycles. The highest BCUT2D eigenvalue weighted by Crippen LogP contribution is 2.31. The Hall–Kier alpha value is -2.50. The van der Waals surface area contributed by atoms with Crippen molar-refractivity contribution in [2.24, 2.45) is 0 Å². The summed E-state index contributed by atoms with van der Waals surface area (Å²) in [5.41, 5.74) is 4.90. The molecule has 1 amide bonds. The zero-order valence-electron chi connectivity index (χ0n) is 16.0. The lowest BCUT2D eigenvalue weighted by Gasteiger charge is -2.04. The molecule has 0 radical (unpaired) electrons. The number of hydrogen-bond donors (Lipinski definition) is 1. The van der Waals surface area contributed by atoms with Gasteiger partial charge in [-0.25, -0.2) is 4.98 Å². The van der Waals surface area contributed by atoms with Gasteiger partial charge in [-0.15, -0.1) is 11.3 Å². The summed E-state index contributed by atoms with van der Waals surface area (Å²) in [6, 6.07) is 12.9. The van der Waals surface area contributed by atoms with Gasteiger partial charge in [-0.1, -0.05) is 23.7 Å². The van der Waals surface area contributed by atoms with Gasteiger partial charge in [-0.3, -0.25) is 9.59 Å². The molecule has 1 N–H and O–H groups in total. The number of aromatic nitrogens is 1. The Morgan fingerprint density at radius 1 is 1.00 bits per heavy atom. The molecule has 144 valence electrons. The maximum atomic E-state index is 12.2. The first-order chi connectivity index (χ1) is 13.3. The average molecular weight is 413 g/mol. The molecule has 1 heterocycles. The van der Waals surface area contributed by atoms with Crippen LogP contribution < -0.4 is 5.32 Å². The molecule has 3 aromatic rings. The molecule has 0 fully saturated rings. The topological polar surface area (TPSA) is 59.1 Å². The number of anilines is 1. The number of carbonyl (C=O) groups is 2. The summed E-state index contributed by atoms with van der Waals surface area (Å²) >= 11 is 7.27. The van der Waals surface area contributed by atoms with Crippen molar-refractivity contribution in [1.82, 2.24) is 4.98 Å². The molecular weight excluding hydrogens is 392 g/mol. The second-order valence-corrected chi connectivity index (χ2v) is 8.34. The zero-order chi connectivity index (χ0) is 20.3. The summed E-state index contributed by atoms with van der Waals surface area (Å²) in [6.45, 7) is 6.13. The highest BCUT2D eigenvalue weighted by molar-refractivity contribution is 7.16. The number of hydrogen-bond acceptors (Lipinski definition) is 4. The number of amides is 1. The van der Waals surface area contributed by atoms with Crippen molar-refractivity contribution in [2.45, 2.75) is 33.6 Å². The van der Waals surface area contributed by atoms with E-state index in [-0.39, 0.29) is 24.5 Å². The maximum absolute atomic E-state index is 12.2. The molecule has 0 saturated heterocycles. The largest absolute Gasteiger partial charge is 0.302 e. The normalized spacial score (nSPS) is 10.7. The SMILES string of the molecule is Cc1ccc(-c2nc(NC(=O)CCC(=O)c3ccc(Cl)cc3)sc2C)cc1C. The number of Topliss-reactive ketones (excluding diaryl/α,β-unsaturated/α-hetero) is 1. The van der Waals surface area contributed by atoms with Crippen molar-refractivity contribution in [1.29, 1.82) is 0 Å². The Morgan fingerprint density at radius 2 is 1.71 bits per heavy atom. The Morgan fingerprint density at radius 3 is 2.39 bits per heavy atom. The molecule has 3 rings (SSSR count). The molecule has 0 aliphatic rings. The number of aryl methyl sites for hydroxylation is 3. The first-order valence-electron chi connectivity index (χ1n) is 8.97. The fourth-order valence-corrected chi connectivity index (χ4v) is 3.77. The molecule has 28 heavy (non-hydrogen) atoms. The molecule has 4 nitrogen and oxygen atoms in total. The molecule has 0 spiro atoms. The predicted molar refractivity (Wildman–Crippen MR) is 115 cm³/mol. The lowest BCUT2D eigenvalue weighted by atomic mass is 10.0. The summed E-state index contributed by atoms with van der Waals surface area (Å²) < 4.78 is 0. The minimum absolute atomic E-state index is 0.0852. The van der Waals surface area contributed by atoms with Gasteiger partial charge < -0.3 is 5.32 Å². The highest BCUT2D eigenvalue weighted by atomic mass is 35.5. The quantitative estimate of drug-likeness (QED) is 0.506. The summed E-state index contributed by atoms with van der Waals surface area (Å²) in [5.74, 6) is -0.305. The molecule has 0 aliphatic carbocycles. The molecule has 2 aromatic carbocycles. The number of thiazole rings is 1. The number of nitrogens with one attached hydrogen (secondary N) is 1. The lowest BCUT2D eigenvalue weighted by molar-refractivity contribution is -0.116. The first-order valence-corrected chi connectivity index (χ1v) is 10.2. The third kappa shape index (κ3) is 4.86. The van der Waals surface area contributed by atoms with Gasteiger partial charge in [-0.05, 0) is 62.2 Å². The van der Waals surface area contributed by atoms with Gasteiger partial charge in [0.1, 0.15) is 0 Å². The van der Waals surface area contributed by atoms with E-state index < -0.39 is 0 Å². The average Bonchev–Trinajstić information content (AvgIpc) is 3.02. The summed E-state index contributed by atoms with van der Waals surface area (Å²) in [4.78, 5) is 30.0. The second-order valence-electron chi connectivity index (χ2n) is 6.70. The van der Waals surface area contributed by atoms with Gasteiger partial charge in [-0.2, -0.15) is 0 Å².